The van der Waals surface area contributed by atoms with E-state index in [0.717, 1.165) is 39.5 Å². The molecule has 0 atom stereocenters. The van der Waals surface area contributed by atoms with Crippen LogP contribution in [-0.2, 0) is 4.79 Å². The third-order valence-corrected chi connectivity index (χ3v) is 4.91. The van der Waals surface area contributed by atoms with Crippen LogP contribution >= 0.6 is 0 Å². The molecule has 1 amide bonds. The number of ether oxygens (including phenoxy) is 2. The van der Waals surface area contributed by atoms with Crippen LogP contribution in [0.15, 0.2) is 67.0 Å². The van der Waals surface area contributed by atoms with Crippen LogP contribution in [0.1, 0.15) is 11.1 Å². The number of carbonyl (C=O) groups excluding carboxylic acids is 1. The molecular weight excluding hydrogens is 378 g/mol. The summed E-state index contributed by atoms with van der Waals surface area (Å²) < 4.78 is 12.7. The van der Waals surface area contributed by atoms with E-state index in [0.29, 0.717) is 5.75 Å². The smallest absolute Gasteiger partial charge is 0.262 e. The number of pyridine rings is 1. The minimum absolute atomic E-state index is 0.0798. The second-order valence-corrected chi connectivity index (χ2v) is 7.09. The van der Waals surface area contributed by atoms with Crippen LogP contribution in [-0.4, -0.2) is 29.0 Å². The highest BCUT2D eigenvalue weighted by molar-refractivity contribution is 5.93. The lowest BCUT2D eigenvalue weighted by molar-refractivity contribution is -0.118. The van der Waals surface area contributed by atoms with E-state index in [1.807, 2.05) is 61.0 Å². The summed E-state index contributed by atoms with van der Waals surface area (Å²) in [5.74, 6) is 1.12. The molecule has 0 aliphatic heterocycles. The monoisotopic (exact) mass is 401 g/mol. The number of anilines is 1. The zero-order chi connectivity index (χ0) is 21.1. The maximum atomic E-state index is 12.4. The van der Waals surface area contributed by atoms with E-state index in [1.165, 1.54) is 0 Å². The molecule has 2 aromatic carbocycles. The summed E-state index contributed by atoms with van der Waals surface area (Å²) in [6.45, 7) is 3.91. The van der Waals surface area contributed by atoms with E-state index in [2.05, 4.69) is 5.32 Å². The zero-order valence-corrected chi connectivity index (χ0v) is 17.2. The highest BCUT2D eigenvalue weighted by Crippen LogP contribution is 2.26. The van der Waals surface area contributed by atoms with Gasteiger partial charge in [-0.05, 0) is 61.4 Å². The molecule has 4 aromatic rings. The molecule has 0 spiro atoms. The molecule has 0 unspecified atom stereocenters. The first kappa shape index (κ1) is 19.5. The molecule has 6 heteroatoms. The van der Waals surface area contributed by atoms with Gasteiger partial charge in [-0.25, -0.2) is 4.98 Å². The predicted octanol–water partition coefficient (Wildman–Crippen LogP) is 4.64. The van der Waals surface area contributed by atoms with Crippen LogP contribution in [0.3, 0.4) is 0 Å². The summed E-state index contributed by atoms with van der Waals surface area (Å²) in [6, 6.07) is 17.1. The Balaban J connectivity index is 1.48. The largest absolute Gasteiger partial charge is 0.497 e. The highest BCUT2D eigenvalue weighted by atomic mass is 16.5. The molecule has 1 N–H and O–H groups in total. The van der Waals surface area contributed by atoms with Gasteiger partial charge in [-0.1, -0.05) is 18.2 Å². The van der Waals surface area contributed by atoms with Crippen molar-refractivity contribution >= 4 is 17.2 Å². The van der Waals surface area contributed by atoms with Gasteiger partial charge in [0, 0.05) is 23.6 Å². The summed E-state index contributed by atoms with van der Waals surface area (Å²) in [5, 5.41) is 2.94. The predicted molar refractivity (Wildman–Crippen MR) is 117 cm³/mol. The second-order valence-electron chi connectivity index (χ2n) is 7.09. The van der Waals surface area contributed by atoms with Gasteiger partial charge in [0.2, 0.25) is 0 Å². The topological polar surface area (TPSA) is 64.9 Å². The third kappa shape index (κ3) is 4.12. The number of aryl methyl sites for hydroxylation is 2. The number of nitrogens with zero attached hydrogens (tertiary/aromatic N) is 2. The van der Waals surface area contributed by atoms with Crippen molar-refractivity contribution in [3.8, 4) is 22.8 Å². The average molecular weight is 401 g/mol. The number of fused-ring (bicyclic) bond motifs is 1. The minimum atomic E-state index is -0.225. The van der Waals surface area contributed by atoms with Crippen LogP contribution in [0, 0.1) is 13.8 Å². The number of nitrogens with one attached hydrogen (secondary N) is 1. The summed E-state index contributed by atoms with van der Waals surface area (Å²) in [6.07, 6.45) is 3.97. The third-order valence-electron chi connectivity index (χ3n) is 4.91. The maximum absolute atomic E-state index is 12.4. The van der Waals surface area contributed by atoms with E-state index in [4.69, 9.17) is 14.5 Å². The average Bonchev–Trinajstić information content (AvgIpc) is 3.20. The van der Waals surface area contributed by atoms with Crippen molar-refractivity contribution in [3.63, 3.8) is 0 Å². The van der Waals surface area contributed by atoms with Crippen molar-refractivity contribution in [2.75, 3.05) is 19.0 Å². The molecule has 0 aliphatic carbocycles. The van der Waals surface area contributed by atoms with Crippen molar-refractivity contribution in [3.05, 3.63) is 78.1 Å². The van der Waals surface area contributed by atoms with E-state index in [1.54, 1.807) is 31.4 Å². The maximum Gasteiger partial charge on any atom is 0.262 e. The zero-order valence-electron chi connectivity index (χ0n) is 17.2. The van der Waals surface area contributed by atoms with Crippen molar-refractivity contribution in [2.24, 2.45) is 0 Å². The molecule has 6 nitrogen and oxygen atoms in total. The molecule has 0 saturated heterocycles. The SMILES string of the molecule is COc1ccc(OCC(=O)Nc2cc(-c3cn4cccc(C)c4n3)ccc2C)cc1. The van der Waals surface area contributed by atoms with Gasteiger partial charge in [-0.15, -0.1) is 0 Å². The number of rotatable bonds is 6. The molecule has 4 rings (SSSR count). The Morgan fingerprint density at radius 2 is 1.80 bits per heavy atom. The van der Waals surface area contributed by atoms with Gasteiger partial charge >= 0.3 is 0 Å². The number of carbonyl (C=O) groups is 1. The second kappa shape index (κ2) is 8.29. The van der Waals surface area contributed by atoms with Crippen molar-refractivity contribution in [1.82, 2.24) is 9.38 Å². The Morgan fingerprint density at radius 3 is 2.53 bits per heavy atom. The molecule has 152 valence electrons. The fourth-order valence-electron chi connectivity index (χ4n) is 3.22. The number of amides is 1. The minimum Gasteiger partial charge on any atom is -0.497 e. The molecule has 0 fully saturated rings. The summed E-state index contributed by atoms with van der Waals surface area (Å²) in [4.78, 5) is 17.2. The van der Waals surface area contributed by atoms with E-state index >= 15 is 0 Å². The van der Waals surface area contributed by atoms with Crippen LogP contribution < -0.4 is 14.8 Å². The summed E-state index contributed by atoms with van der Waals surface area (Å²) in [5.41, 5.74) is 5.54. The lowest BCUT2D eigenvalue weighted by Gasteiger charge is -2.11. The van der Waals surface area contributed by atoms with Crippen LogP contribution in [0.2, 0.25) is 0 Å². The molecule has 0 aliphatic rings. The van der Waals surface area contributed by atoms with Crippen molar-refractivity contribution in [2.45, 2.75) is 13.8 Å². The van der Waals surface area contributed by atoms with Crippen molar-refractivity contribution in [1.29, 1.82) is 0 Å². The van der Waals surface area contributed by atoms with Gasteiger partial charge in [-0.2, -0.15) is 0 Å². The quantitative estimate of drug-likeness (QED) is 0.511. The number of aromatic nitrogens is 2. The molecule has 2 heterocycles. The Bertz CT molecular complexity index is 1200. The number of benzene rings is 2. The Morgan fingerprint density at radius 1 is 1.03 bits per heavy atom. The van der Waals surface area contributed by atoms with E-state index in [-0.39, 0.29) is 12.5 Å². The molecule has 0 bridgehead atoms. The first-order chi connectivity index (χ1) is 14.5. The number of methoxy groups -OCH3 is 1. The lowest BCUT2D eigenvalue weighted by atomic mass is 10.1. The Labute approximate surface area is 175 Å². The fraction of sp³-hybridized carbons (Fsp3) is 0.167. The van der Waals surface area contributed by atoms with E-state index < -0.39 is 0 Å². The van der Waals surface area contributed by atoms with Gasteiger partial charge in [0.25, 0.3) is 5.91 Å². The van der Waals surface area contributed by atoms with Gasteiger partial charge in [0.05, 0.1) is 12.8 Å². The van der Waals surface area contributed by atoms with Gasteiger partial charge in [0.15, 0.2) is 6.61 Å². The van der Waals surface area contributed by atoms with Crippen molar-refractivity contribution < 1.29 is 14.3 Å². The molecule has 2 aromatic heterocycles. The van der Waals surface area contributed by atoms with Gasteiger partial charge < -0.3 is 19.2 Å². The first-order valence-corrected chi connectivity index (χ1v) is 9.65. The number of hydrogen-bond acceptors (Lipinski definition) is 4. The fourth-order valence-corrected chi connectivity index (χ4v) is 3.22. The van der Waals surface area contributed by atoms with Crippen LogP contribution in [0.25, 0.3) is 16.9 Å². The first-order valence-electron chi connectivity index (χ1n) is 9.65. The molecule has 30 heavy (non-hydrogen) atoms. The Hall–Kier alpha value is -3.80. The number of imidazole rings is 1. The van der Waals surface area contributed by atoms with Gasteiger partial charge in [-0.3, -0.25) is 4.79 Å². The van der Waals surface area contributed by atoms with Crippen LogP contribution in [0.5, 0.6) is 11.5 Å². The number of hydrogen-bond donors (Lipinski definition) is 1. The molecule has 0 saturated carbocycles. The standard InChI is InChI=1S/C24H23N3O3/c1-16-6-7-18(22-14-27-12-4-5-17(2)24(27)26-22)13-21(16)25-23(28)15-30-20-10-8-19(29-3)9-11-20/h4-14H,15H2,1-3H3,(H,25,28). The lowest BCUT2D eigenvalue weighted by Crippen LogP contribution is -2.20. The molecule has 0 radical (unpaired) electrons. The Kier molecular flexibility index (Phi) is 5.39. The summed E-state index contributed by atoms with van der Waals surface area (Å²) in [7, 11) is 1.60. The molecular formula is C24H23N3O3. The highest BCUT2D eigenvalue weighted by Gasteiger charge is 2.11. The summed E-state index contributed by atoms with van der Waals surface area (Å²) >= 11 is 0. The van der Waals surface area contributed by atoms with Gasteiger partial charge in [0.1, 0.15) is 17.1 Å². The normalized spacial score (nSPS) is 10.8. The van der Waals surface area contributed by atoms with E-state index in [9.17, 15) is 4.79 Å². The van der Waals surface area contributed by atoms with Crippen LogP contribution in [0.4, 0.5) is 5.69 Å².